The molecule has 2 aromatic heterocycles. The number of aliphatic hydroxyl groups is 2. The lowest BCUT2D eigenvalue weighted by Crippen LogP contribution is -2.56. The number of carboxylic acid groups (broad SMARTS) is 1. The zero-order valence-corrected chi connectivity index (χ0v) is 64.7. The van der Waals surface area contributed by atoms with E-state index in [0.29, 0.717) is 35.4 Å². The molecule has 0 bridgehead atoms. The number of nitrogens with one attached hydrogen (secondary N) is 4. The molecule has 11 N–H and O–H groups in total. The van der Waals surface area contributed by atoms with Crippen molar-refractivity contribution in [2.75, 3.05) is 27.3 Å². The largest absolute Gasteiger partial charge is 0.497 e. The lowest BCUT2D eigenvalue weighted by atomic mass is 9.98. The fourth-order valence-corrected chi connectivity index (χ4v) is 14.7. The maximum Gasteiger partial charge on any atom is 0.407 e. The third kappa shape index (κ3) is 27.3. The molecule has 2 aliphatic carbocycles. The number of pyridine rings is 2. The van der Waals surface area contributed by atoms with Gasteiger partial charge in [0, 0.05) is 10.8 Å². The number of aromatic nitrogens is 2. The number of fused-ring (bicyclic) bond motifs is 2. The molecule has 0 saturated heterocycles. The summed E-state index contributed by atoms with van der Waals surface area (Å²) in [4.78, 5) is 106. The highest BCUT2D eigenvalue weighted by Gasteiger charge is 2.38. The summed E-state index contributed by atoms with van der Waals surface area (Å²) in [6.07, 6.45) is 3.65. The number of halogens is 1. The van der Waals surface area contributed by atoms with E-state index in [9.17, 15) is 60.6 Å². The molecule has 29 nitrogen and oxygen atoms in total. The molecule has 10 rings (SSSR count). The van der Waals surface area contributed by atoms with Crippen molar-refractivity contribution in [1.29, 1.82) is 0 Å². The number of para-hydroxylation sites is 2. The Hall–Kier alpha value is -10.2. The Labute approximate surface area is 651 Å². The van der Waals surface area contributed by atoms with Crippen LogP contribution in [0.3, 0.4) is 0 Å². The van der Waals surface area contributed by atoms with Gasteiger partial charge in [0.2, 0.25) is 17.7 Å². The Bertz CT molecular complexity index is 4620. The van der Waals surface area contributed by atoms with Crippen LogP contribution in [0.4, 0.5) is 4.79 Å². The lowest BCUT2D eigenvalue weighted by molar-refractivity contribution is -0.157. The van der Waals surface area contributed by atoms with Crippen LogP contribution in [-0.2, 0) is 66.5 Å². The summed E-state index contributed by atoms with van der Waals surface area (Å²) < 4.78 is 72.7. The number of amides is 6. The van der Waals surface area contributed by atoms with Crippen LogP contribution in [0.25, 0.3) is 21.8 Å². The molecule has 0 radical (unpaired) electrons. The highest BCUT2D eigenvalue weighted by atomic mass is 35.5. The van der Waals surface area contributed by atoms with Gasteiger partial charge < -0.3 is 62.3 Å². The number of hydrogen-bond acceptors (Lipinski definition) is 20. The zero-order chi connectivity index (χ0) is 79.5. The van der Waals surface area contributed by atoms with Crippen LogP contribution < -0.4 is 42.2 Å². The number of sulfonamides is 2. The maximum absolute atomic E-state index is 14.0. The Balaban J connectivity index is 0.000000250. The molecule has 2 aliphatic rings. The summed E-state index contributed by atoms with van der Waals surface area (Å²) in [7, 11) is -5.45. The van der Waals surface area contributed by atoms with Gasteiger partial charge in [-0.3, -0.25) is 33.6 Å². The van der Waals surface area contributed by atoms with E-state index in [0.717, 1.165) is 82.2 Å². The van der Waals surface area contributed by atoms with Crippen LogP contribution in [0.5, 0.6) is 11.5 Å². The van der Waals surface area contributed by atoms with Gasteiger partial charge in [0.15, 0.2) is 0 Å². The second-order valence-corrected chi connectivity index (χ2v) is 31.1. The van der Waals surface area contributed by atoms with Gasteiger partial charge in [-0.05, 0) is 143 Å². The van der Waals surface area contributed by atoms with Crippen LogP contribution in [0, 0.1) is 0 Å². The Morgan fingerprint density at radius 3 is 1.24 bits per heavy atom. The molecule has 2 saturated carbocycles. The van der Waals surface area contributed by atoms with Gasteiger partial charge in [-0.15, -0.1) is 12.4 Å². The van der Waals surface area contributed by atoms with Gasteiger partial charge in [-0.25, -0.2) is 36.4 Å². The summed E-state index contributed by atoms with van der Waals surface area (Å²) in [5.74, 6) is -4.19. The SMILES string of the molecule is COc1ccc(S(=O)(=O)N(C[C@@H](O)[C@H](Cc2ccccc2)NC(=O)OC(C)(C)C)OC2CCCCC2)cc1.COc1ccc(S(=O)(=O)N(C[C@@H](O)[C@H](Cc2ccccc2)NC(=O)[C@H](CC(N)=O)NC(=O)c2ccc3ccccc3n2)OC2CCCCC2)cc1.Cl.NC(=O)C[C@H](NC(=O)c1ccc2ccccc2n1)C(=O)O. The normalized spacial score (nSPS) is 15.0. The molecule has 32 heteroatoms. The summed E-state index contributed by atoms with van der Waals surface area (Å²) in [5, 5.41) is 43.9. The number of carboxylic acids is 1. The van der Waals surface area contributed by atoms with E-state index in [1.54, 1.807) is 93.6 Å². The predicted octanol–water partition coefficient (Wildman–Crippen LogP) is 8.42. The first-order valence-electron chi connectivity index (χ1n) is 36.0. The minimum Gasteiger partial charge on any atom is -0.497 e. The number of hydroxylamine groups is 2. The summed E-state index contributed by atoms with van der Waals surface area (Å²) >= 11 is 0. The average molecular weight is 1590 g/mol. The van der Waals surface area contributed by atoms with Gasteiger partial charge >= 0.3 is 12.1 Å². The lowest BCUT2D eigenvalue weighted by Gasteiger charge is -2.33. The number of methoxy groups -OCH3 is 2. The Morgan fingerprint density at radius 2 is 0.865 bits per heavy atom. The van der Waals surface area contributed by atoms with Crippen molar-refractivity contribution < 1.29 is 89.6 Å². The van der Waals surface area contributed by atoms with Gasteiger partial charge in [0.25, 0.3) is 31.9 Å². The van der Waals surface area contributed by atoms with Gasteiger partial charge in [-0.2, -0.15) is 0 Å². The van der Waals surface area contributed by atoms with E-state index >= 15 is 0 Å². The molecule has 2 heterocycles. The standard InChI is InChI=1S/C37H43N5O8S.C28H40N2O7S.C14H13N3O4.ClH/c1-49-27-17-19-29(20-18-27)51(47,48)42(50-28-13-6-3-7-14-28)24-34(43)32(22-25-10-4-2-5-11-25)40-37(46)33(23-35(38)44)41-36(45)31-21-16-26-12-8-9-15-30(26)39-31;1-28(2,3)36-27(32)29-25(19-21-11-7-5-8-12-21)26(31)20-30(37-23-13-9-6-10-14-23)38(33,34)24-17-15-22(35-4)16-18-24;15-12(18)7-11(14(20)21)17-13(19)10-6-5-8-3-1-2-4-9(8)16-10;/h2,4-5,8-12,15-21,28,32-34,43H,3,6-7,13-14,22-24H2,1H3,(H2,38,44)(H,40,46)(H,41,45);5,7-8,11-12,15-18,23,25-26,31H,6,9-10,13-14,19-20H2,1-4H3,(H,29,32);1-6,11H,7H2,(H2,15,18)(H,17,19)(H,20,21);1H/t32-,33-,34+;25-,26+;11-;/m000./s1. The second-order valence-electron chi connectivity index (χ2n) is 27.5. The molecule has 2 fully saturated rings. The van der Waals surface area contributed by atoms with Crippen molar-refractivity contribution in [3.8, 4) is 11.5 Å². The molecule has 0 spiro atoms. The molecule has 6 amide bonds. The molecule has 0 unspecified atom stereocenters. The number of nitrogens with zero attached hydrogens (tertiary/aromatic N) is 4. The monoisotopic (exact) mass is 1590 g/mol. The summed E-state index contributed by atoms with van der Waals surface area (Å²) in [5.41, 5.74) is 12.6. The molecule has 6 atom stereocenters. The van der Waals surface area contributed by atoms with E-state index in [4.69, 9.17) is 40.5 Å². The predicted molar refractivity (Wildman–Crippen MR) is 416 cm³/mol. The smallest absolute Gasteiger partial charge is 0.407 e. The van der Waals surface area contributed by atoms with Crippen LogP contribution in [0.15, 0.2) is 192 Å². The molecular formula is C79H97ClN10O19S2. The fraction of sp³-hybridized carbons (Fsp3) is 0.380. The number of alkyl carbamates (subject to hydrolysis) is 1. The number of aliphatic carboxylic acids is 1. The zero-order valence-electron chi connectivity index (χ0n) is 62.3. The van der Waals surface area contributed by atoms with Gasteiger partial charge in [0.1, 0.15) is 40.6 Å². The molecule has 6 aromatic carbocycles. The van der Waals surface area contributed by atoms with Gasteiger partial charge in [0.05, 0.1) is 97.5 Å². The van der Waals surface area contributed by atoms with E-state index in [2.05, 4.69) is 31.2 Å². The number of hydrogen-bond donors (Lipinski definition) is 9. The number of benzene rings is 6. The number of carbonyl (C=O) groups excluding carboxylic acids is 6. The number of primary amides is 2. The molecule has 111 heavy (non-hydrogen) atoms. The van der Waals surface area contributed by atoms with Crippen LogP contribution in [0.1, 0.15) is 130 Å². The maximum atomic E-state index is 14.0. The van der Waals surface area contributed by atoms with Crippen LogP contribution in [-0.4, -0.2) is 174 Å². The first-order chi connectivity index (χ1) is 52.5. The minimum absolute atomic E-state index is 0. The van der Waals surface area contributed by atoms with E-state index in [1.165, 1.54) is 62.8 Å². The second kappa shape index (κ2) is 42.3. The highest BCUT2D eigenvalue weighted by molar-refractivity contribution is 7.89. The van der Waals surface area contributed by atoms with Crippen molar-refractivity contribution >= 4 is 95.9 Å². The number of rotatable bonds is 32. The number of ether oxygens (including phenoxy) is 3. The first-order valence-corrected chi connectivity index (χ1v) is 38.9. The summed E-state index contributed by atoms with van der Waals surface area (Å²) in [6, 6.07) is 46.3. The molecule has 596 valence electrons. The van der Waals surface area contributed by atoms with E-state index < -0.39 is 123 Å². The topological polar surface area (TPSA) is 427 Å². The Morgan fingerprint density at radius 1 is 0.495 bits per heavy atom. The average Bonchev–Trinajstić information content (AvgIpc) is 0.798. The first kappa shape index (κ1) is 88.0. The van der Waals surface area contributed by atoms with Crippen molar-refractivity contribution in [2.24, 2.45) is 11.5 Å². The third-order valence-corrected chi connectivity index (χ3v) is 21.1. The van der Waals surface area contributed by atoms with Crippen LogP contribution >= 0.6 is 12.4 Å². The number of carbonyl (C=O) groups is 7. The summed E-state index contributed by atoms with van der Waals surface area (Å²) in [6.45, 7) is 4.33. The highest BCUT2D eigenvalue weighted by Crippen LogP contribution is 2.30. The van der Waals surface area contributed by atoms with Gasteiger partial charge in [-0.1, -0.05) is 157 Å². The van der Waals surface area contributed by atoms with Crippen molar-refractivity contribution in [2.45, 2.75) is 175 Å². The van der Waals surface area contributed by atoms with Crippen molar-refractivity contribution in [3.63, 3.8) is 0 Å². The van der Waals surface area contributed by atoms with Crippen molar-refractivity contribution in [3.05, 3.63) is 205 Å². The quantitative estimate of drug-likeness (QED) is 0.0179. The fourth-order valence-electron chi connectivity index (χ4n) is 12.1. The molecule has 0 aliphatic heterocycles. The van der Waals surface area contributed by atoms with Crippen LogP contribution in [0.2, 0.25) is 0 Å². The third-order valence-electron chi connectivity index (χ3n) is 17.8. The Kier molecular flexibility index (Phi) is 33.5. The van der Waals surface area contributed by atoms with E-state index in [-0.39, 0.29) is 65.2 Å². The minimum atomic E-state index is -4.29. The van der Waals surface area contributed by atoms with Crippen molar-refractivity contribution in [1.82, 2.24) is 40.2 Å². The van der Waals surface area contributed by atoms with E-state index in [1.807, 2.05) is 60.7 Å². The number of aliphatic hydroxyl groups excluding tert-OH is 2. The molecule has 8 aromatic rings. The molecular weight excluding hydrogens is 1490 g/mol. The number of nitrogens with two attached hydrogens (primary N) is 2.